The summed E-state index contributed by atoms with van der Waals surface area (Å²) < 4.78 is 14.8. The number of halogens is 3. The Labute approximate surface area is 210 Å². The van der Waals surface area contributed by atoms with E-state index in [4.69, 9.17) is 28.2 Å². The molecule has 0 saturated carbocycles. The number of carbonyl (C=O) groups is 1. The van der Waals surface area contributed by atoms with Gasteiger partial charge in [-0.3, -0.25) is 9.78 Å². The third-order valence-electron chi connectivity index (χ3n) is 6.60. The van der Waals surface area contributed by atoms with Crippen LogP contribution in [0.25, 0.3) is 16.7 Å². The van der Waals surface area contributed by atoms with E-state index in [0.717, 1.165) is 25.3 Å². The first-order valence-electron chi connectivity index (χ1n) is 11.3. The molecule has 0 spiro atoms. The van der Waals surface area contributed by atoms with Crippen LogP contribution in [0.5, 0.6) is 0 Å². The van der Waals surface area contributed by atoms with E-state index in [2.05, 4.69) is 20.1 Å². The van der Waals surface area contributed by atoms with Crippen LogP contribution in [0.2, 0.25) is 10.0 Å². The molecule has 6 rings (SSSR count). The Bertz CT molecular complexity index is 1420. The standard InChI is InChI=1S/C24H20Cl2FN7O/c25-16-7-19-20(8-17(16)26)31-22(9-28-19)32-10-14-6-15(11-32)13-33(12-14)24(35)23-18(27)2-1-3-21(23)34-29-4-5-30-34/h1-5,7-9,14-15H,6,10-13H2. The number of rotatable bonds is 3. The predicted octanol–water partition coefficient (Wildman–Crippen LogP) is 4.25. The first kappa shape index (κ1) is 22.2. The van der Waals surface area contributed by atoms with E-state index in [0.29, 0.717) is 39.9 Å². The highest BCUT2D eigenvalue weighted by Gasteiger charge is 2.38. The van der Waals surface area contributed by atoms with Crippen LogP contribution >= 0.6 is 23.2 Å². The van der Waals surface area contributed by atoms with Gasteiger partial charge < -0.3 is 9.80 Å². The third kappa shape index (κ3) is 4.08. The van der Waals surface area contributed by atoms with Crippen LogP contribution in [0.15, 0.2) is 48.9 Å². The monoisotopic (exact) mass is 511 g/mol. The van der Waals surface area contributed by atoms with Gasteiger partial charge >= 0.3 is 0 Å². The van der Waals surface area contributed by atoms with Crippen LogP contribution in [0.4, 0.5) is 10.2 Å². The normalized spacial score (nSPS) is 19.9. The van der Waals surface area contributed by atoms with E-state index in [9.17, 15) is 9.18 Å². The summed E-state index contributed by atoms with van der Waals surface area (Å²) in [5, 5.41) is 9.05. The van der Waals surface area contributed by atoms with E-state index >= 15 is 0 Å². The quantitative estimate of drug-likeness (QED) is 0.408. The number of amides is 1. The molecule has 2 aliphatic heterocycles. The van der Waals surface area contributed by atoms with Crippen molar-refractivity contribution in [2.24, 2.45) is 11.8 Å². The molecular weight excluding hydrogens is 492 g/mol. The van der Waals surface area contributed by atoms with E-state index < -0.39 is 5.82 Å². The number of fused-ring (bicyclic) bond motifs is 3. The third-order valence-corrected chi connectivity index (χ3v) is 7.33. The van der Waals surface area contributed by atoms with Crippen molar-refractivity contribution in [3.8, 4) is 5.69 Å². The van der Waals surface area contributed by atoms with Crippen LogP contribution in [0.3, 0.4) is 0 Å². The van der Waals surface area contributed by atoms with Crippen LogP contribution in [0, 0.1) is 17.7 Å². The molecule has 8 nitrogen and oxygen atoms in total. The molecule has 2 fully saturated rings. The molecular formula is C24H20Cl2FN7O. The largest absolute Gasteiger partial charge is 0.355 e. The summed E-state index contributed by atoms with van der Waals surface area (Å²) in [4.78, 5) is 28.0. The summed E-state index contributed by atoms with van der Waals surface area (Å²) in [5.74, 6) is 0.320. The molecule has 2 aromatic carbocycles. The Morgan fingerprint density at radius 1 is 0.971 bits per heavy atom. The number of hydrogen-bond donors (Lipinski definition) is 0. The fourth-order valence-corrected chi connectivity index (χ4v) is 5.49. The van der Waals surface area contributed by atoms with Gasteiger partial charge in [-0.05, 0) is 42.5 Å². The number of aromatic nitrogens is 5. The molecule has 0 N–H and O–H groups in total. The summed E-state index contributed by atoms with van der Waals surface area (Å²) in [6.45, 7) is 2.53. The van der Waals surface area contributed by atoms with E-state index in [1.807, 2.05) is 0 Å². The van der Waals surface area contributed by atoms with Crippen molar-refractivity contribution in [2.45, 2.75) is 6.42 Å². The fourth-order valence-electron chi connectivity index (χ4n) is 5.17. The molecule has 35 heavy (non-hydrogen) atoms. The number of anilines is 1. The number of nitrogens with zero attached hydrogens (tertiary/aromatic N) is 7. The average molecular weight is 512 g/mol. The highest BCUT2D eigenvalue weighted by atomic mass is 35.5. The smallest absolute Gasteiger partial charge is 0.259 e. The number of piperidine rings is 2. The van der Waals surface area contributed by atoms with Crippen LogP contribution in [-0.4, -0.2) is 61.9 Å². The molecule has 2 aliphatic rings. The molecule has 2 atom stereocenters. The van der Waals surface area contributed by atoms with Gasteiger partial charge in [0.1, 0.15) is 22.9 Å². The lowest BCUT2D eigenvalue weighted by atomic mass is 9.84. The van der Waals surface area contributed by atoms with E-state index in [1.165, 1.54) is 23.3 Å². The lowest BCUT2D eigenvalue weighted by Gasteiger charge is -2.46. The van der Waals surface area contributed by atoms with Crippen LogP contribution in [0.1, 0.15) is 16.8 Å². The van der Waals surface area contributed by atoms with Gasteiger partial charge in [-0.1, -0.05) is 29.3 Å². The molecule has 2 saturated heterocycles. The second kappa shape index (κ2) is 8.73. The molecule has 1 amide bonds. The second-order valence-electron chi connectivity index (χ2n) is 9.02. The highest BCUT2D eigenvalue weighted by Crippen LogP contribution is 2.33. The van der Waals surface area contributed by atoms with Crippen molar-refractivity contribution >= 4 is 46.0 Å². The Hall–Kier alpha value is -3.30. The Morgan fingerprint density at radius 2 is 1.66 bits per heavy atom. The Morgan fingerprint density at radius 3 is 2.37 bits per heavy atom. The zero-order valence-corrected chi connectivity index (χ0v) is 20.0. The van der Waals surface area contributed by atoms with E-state index in [-0.39, 0.29) is 23.3 Å². The van der Waals surface area contributed by atoms with Crippen molar-refractivity contribution < 1.29 is 9.18 Å². The minimum absolute atomic E-state index is 0.00327. The maximum atomic E-state index is 14.8. The Balaban J connectivity index is 1.23. The van der Waals surface area contributed by atoms with Crippen molar-refractivity contribution in [1.29, 1.82) is 0 Å². The summed E-state index contributed by atoms with van der Waals surface area (Å²) in [5.41, 5.74) is 1.70. The molecule has 2 bridgehead atoms. The Kier molecular flexibility index (Phi) is 5.53. The van der Waals surface area contributed by atoms with E-state index in [1.54, 1.807) is 35.4 Å². The SMILES string of the molecule is O=C(c1c(F)cccc1-n1nccn1)N1CC2CC(C1)CN(c1cnc3cc(Cl)c(Cl)cc3n1)C2. The average Bonchev–Trinajstić information content (AvgIpc) is 3.38. The molecule has 4 aromatic rings. The number of likely N-dealkylation sites (tertiary alicyclic amines) is 1. The molecule has 4 heterocycles. The van der Waals surface area contributed by atoms with Gasteiger partial charge in [-0.25, -0.2) is 9.37 Å². The van der Waals surface area contributed by atoms with Gasteiger partial charge in [-0.2, -0.15) is 15.0 Å². The molecule has 178 valence electrons. The lowest BCUT2D eigenvalue weighted by Crippen LogP contribution is -2.54. The first-order chi connectivity index (χ1) is 17.0. The summed E-state index contributed by atoms with van der Waals surface area (Å²) in [6, 6.07) is 7.94. The number of carbonyl (C=O) groups excluding carboxylic acids is 1. The molecule has 2 unspecified atom stereocenters. The summed E-state index contributed by atoms with van der Waals surface area (Å²) in [6.07, 6.45) is 5.75. The van der Waals surface area contributed by atoms with Crippen molar-refractivity contribution in [3.05, 3.63) is 70.3 Å². The van der Waals surface area contributed by atoms with Gasteiger partial charge in [0.2, 0.25) is 0 Å². The fraction of sp³-hybridized carbons (Fsp3) is 0.292. The minimum atomic E-state index is -0.577. The first-order valence-corrected chi connectivity index (χ1v) is 12.0. The van der Waals surface area contributed by atoms with Crippen LogP contribution < -0.4 is 4.90 Å². The maximum absolute atomic E-state index is 14.8. The summed E-state index contributed by atoms with van der Waals surface area (Å²) in [7, 11) is 0. The second-order valence-corrected chi connectivity index (χ2v) is 9.83. The summed E-state index contributed by atoms with van der Waals surface area (Å²) >= 11 is 12.3. The molecule has 11 heteroatoms. The van der Waals surface area contributed by atoms with Gasteiger partial charge in [-0.15, -0.1) is 0 Å². The highest BCUT2D eigenvalue weighted by molar-refractivity contribution is 6.42. The predicted molar refractivity (Wildman–Crippen MR) is 131 cm³/mol. The zero-order valence-electron chi connectivity index (χ0n) is 18.5. The molecule has 2 aromatic heterocycles. The molecule has 0 radical (unpaired) electrons. The van der Waals surface area contributed by atoms with Crippen molar-refractivity contribution in [3.63, 3.8) is 0 Å². The van der Waals surface area contributed by atoms with Crippen LogP contribution in [-0.2, 0) is 0 Å². The molecule has 0 aliphatic carbocycles. The van der Waals surface area contributed by atoms with Crippen molar-refractivity contribution in [2.75, 3.05) is 31.1 Å². The minimum Gasteiger partial charge on any atom is -0.355 e. The van der Waals surface area contributed by atoms with Gasteiger partial charge in [0, 0.05) is 26.2 Å². The van der Waals surface area contributed by atoms with Crippen molar-refractivity contribution in [1.82, 2.24) is 29.9 Å². The number of benzene rings is 2. The maximum Gasteiger partial charge on any atom is 0.259 e. The van der Waals surface area contributed by atoms with Gasteiger partial charge in [0.05, 0.1) is 39.7 Å². The lowest BCUT2D eigenvalue weighted by molar-refractivity contribution is 0.0559. The number of hydrogen-bond acceptors (Lipinski definition) is 6. The van der Waals surface area contributed by atoms with Gasteiger partial charge in [0.25, 0.3) is 5.91 Å². The topological polar surface area (TPSA) is 80.0 Å². The van der Waals surface area contributed by atoms with Gasteiger partial charge in [0.15, 0.2) is 0 Å². The zero-order chi connectivity index (χ0) is 24.1.